The molecule has 2 nitrogen and oxygen atoms in total. The third-order valence-corrected chi connectivity index (χ3v) is 0.365. The van der Waals surface area contributed by atoms with E-state index < -0.39 is 5.97 Å². The molecule has 0 atom stereocenters. The summed E-state index contributed by atoms with van der Waals surface area (Å²) in [6.07, 6.45) is 0. The van der Waals surface area contributed by atoms with Crippen LogP contribution in [0.15, 0.2) is 12.2 Å². The van der Waals surface area contributed by atoms with Crippen LogP contribution in [0.1, 0.15) is 8.35 Å². The minimum absolute atomic E-state index is 0. The maximum atomic E-state index is 9.60. The molecule has 36 valence electrons. The highest BCUT2D eigenvalue weighted by molar-refractivity contribution is 5.84. The van der Waals surface area contributed by atoms with Gasteiger partial charge in [0.1, 0.15) is 0 Å². The number of aliphatic carboxylic acids is 1. The van der Waals surface area contributed by atoms with Crippen molar-refractivity contribution in [1.29, 1.82) is 0 Å². The Labute approximate surface area is 37.6 Å². The van der Waals surface area contributed by atoms with Gasteiger partial charge in [-0.05, 0) is 6.92 Å². The number of carboxylic acids is 1. The molecule has 0 fully saturated rings. The lowest BCUT2D eigenvalue weighted by atomic mass is 10.4. The summed E-state index contributed by atoms with van der Waals surface area (Å²) in [5, 5.41) is 7.89. The third-order valence-electron chi connectivity index (χ3n) is 0.365. The highest BCUT2D eigenvalue weighted by Gasteiger charge is 1.90. The predicted molar refractivity (Wildman–Crippen MR) is 24.6 cm³/mol. The van der Waals surface area contributed by atoms with Crippen LogP contribution in [0.4, 0.5) is 0 Å². The lowest BCUT2D eigenvalue weighted by Crippen LogP contribution is -1.92. The molecule has 0 saturated heterocycles. The lowest BCUT2D eigenvalue weighted by molar-refractivity contribution is -0.132. The summed E-state index contributed by atoms with van der Waals surface area (Å²) in [5.41, 5.74) is 0.176. The van der Waals surface area contributed by atoms with E-state index in [1.54, 1.807) is 0 Å². The van der Waals surface area contributed by atoms with Gasteiger partial charge in [0.05, 0.1) is 0 Å². The van der Waals surface area contributed by atoms with E-state index in [9.17, 15) is 4.79 Å². The zero-order valence-corrected chi connectivity index (χ0v) is 3.56. The molecule has 0 aliphatic carbocycles. The van der Waals surface area contributed by atoms with E-state index >= 15 is 0 Å². The van der Waals surface area contributed by atoms with Crippen LogP contribution in [0.5, 0.6) is 0 Å². The van der Waals surface area contributed by atoms with Gasteiger partial charge < -0.3 is 5.11 Å². The largest absolute Gasteiger partial charge is 0.478 e. The highest BCUT2D eigenvalue weighted by atomic mass is 16.4. The molecule has 0 aliphatic heterocycles. The second-order valence-electron chi connectivity index (χ2n) is 1.09. The van der Waals surface area contributed by atoms with Crippen molar-refractivity contribution in [2.75, 3.05) is 0 Å². The summed E-state index contributed by atoms with van der Waals surface area (Å²) in [4.78, 5) is 9.60. The average Bonchev–Trinajstić information content (AvgIpc) is 1.36. The molecular weight excluding hydrogens is 80.0 g/mol. The molecule has 2 heteroatoms. The van der Waals surface area contributed by atoms with Crippen molar-refractivity contribution in [2.24, 2.45) is 0 Å². The summed E-state index contributed by atoms with van der Waals surface area (Å²) in [6, 6.07) is 0. The Morgan fingerprint density at radius 1 is 2.00 bits per heavy atom. The molecule has 0 aliphatic rings. The van der Waals surface area contributed by atoms with E-state index in [4.69, 9.17) is 5.11 Å². The molecule has 0 saturated carbocycles. The molecule has 0 aromatic rings. The first-order valence-corrected chi connectivity index (χ1v) is 1.53. The Morgan fingerprint density at radius 2 is 2.17 bits per heavy atom. The molecule has 0 spiro atoms. The molecule has 0 aromatic heterocycles. The van der Waals surface area contributed by atoms with Gasteiger partial charge in [0.15, 0.2) is 0 Å². The molecule has 0 radical (unpaired) electrons. The lowest BCUT2D eigenvalue weighted by Gasteiger charge is -1.79. The average molecular weight is 88.1 g/mol. The molecule has 6 heavy (non-hydrogen) atoms. The van der Waals surface area contributed by atoms with Crippen LogP contribution in [-0.4, -0.2) is 11.1 Å². The minimum atomic E-state index is -0.935. The van der Waals surface area contributed by atoms with Gasteiger partial charge in [-0.3, -0.25) is 0 Å². The zero-order chi connectivity index (χ0) is 5.15. The first-order chi connectivity index (χ1) is 2.64. The first-order valence-electron chi connectivity index (χ1n) is 1.53. The zero-order valence-electron chi connectivity index (χ0n) is 3.56. The van der Waals surface area contributed by atoms with Crippen LogP contribution in [0.2, 0.25) is 0 Å². The molecule has 1 N–H and O–H groups in total. The fraction of sp³-hybridized carbons (Fsp3) is 0.250. The molecular formula is C4H8O2. The van der Waals surface area contributed by atoms with Crippen LogP contribution in [-0.2, 0) is 4.79 Å². The second-order valence-corrected chi connectivity index (χ2v) is 1.09. The summed E-state index contributed by atoms with van der Waals surface area (Å²) in [6.45, 7) is 4.60. The normalized spacial score (nSPS) is 7.50. The molecule has 0 heterocycles. The van der Waals surface area contributed by atoms with E-state index in [-0.39, 0.29) is 7.00 Å². The van der Waals surface area contributed by atoms with E-state index in [1.807, 2.05) is 0 Å². The summed E-state index contributed by atoms with van der Waals surface area (Å²) >= 11 is 0. The first kappa shape index (κ1) is 5.21. The summed E-state index contributed by atoms with van der Waals surface area (Å²) in [5.74, 6) is -0.935. The van der Waals surface area contributed by atoms with Gasteiger partial charge in [0, 0.05) is 7.00 Å². The smallest absolute Gasteiger partial charge is 0.330 e. The number of hydrogen-bond acceptors (Lipinski definition) is 1. The quantitative estimate of drug-likeness (QED) is 0.483. The van der Waals surface area contributed by atoms with Crippen molar-refractivity contribution in [1.82, 2.24) is 0 Å². The van der Waals surface area contributed by atoms with Crippen LogP contribution >= 0.6 is 0 Å². The fourth-order valence-electron chi connectivity index (χ4n) is 0. The Morgan fingerprint density at radius 3 is 2.17 bits per heavy atom. The van der Waals surface area contributed by atoms with Crippen molar-refractivity contribution in [3.63, 3.8) is 0 Å². The van der Waals surface area contributed by atoms with Gasteiger partial charge in [0.25, 0.3) is 0 Å². The van der Waals surface area contributed by atoms with Gasteiger partial charge in [-0.2, -0.15) is 0 Å². The van der Waals surface area contributed by atoms with Gasteiger partial charge in [-0.25, -0.2) is 4.79 Å². The van der Waals surface area contributed by atoms with Gasteiger partial charge in [-0.15, -0.1) is 0 Å². The maximum absolute atomic E-state index is 9.60. The van der Waals surface area contributed by atoms with E-state index in [0.717, 1.165) is 0 Å². The van der Waals surface area contributed by atoms with Crippen LogP contribution in [0.25, 0.3) is 0 Å². The Bertz CT molecular complexity index is 75.7. The van der Waals surface area contributed by atoms with Crippen LogP contribution in [0.3, 0.4) is 0 Å². The van der Waals surface area contributed by atoms with Gasteiger partial charge >= 0.3 is 5.97 Å². The fourth-order valence-corrected chi connectivity index (χ4v) is 0. The topological polar surface area (TPSA) is 37.3 Å². The maximum Gasteiger partial charge on any atom is 0.330 e. The summed E-state index contributed by atoms with van der Waals surface area (Å²) < 4.78 is 0. The van der Waals surface area contributed by atoms with E-state index in [1.165, 1.54) is 6.92 Å². The van der Waals surface area contributed by atoms with Crippen molar-refractivity contribution in [3.05, 3.63) is 12.2 Å². The third kappa shape index (κ3) is 1.52. The Kier molecular flexibility index (Phi) is 1.39. The Balaban J connectivity index is 0. The predicted octanol–water partition coefficient (Wildman–Crippen LogP) is 0.893. The number of carbonyl (C=O) groups is 1. The molecule has 0 rings (SSSR count). The second kappa shape index (κ2) is 1.60. The van der Waals surface area contributed by atoms with Crippen molar-refractivity contribution >= 4 is 5.97 Å². The molecule has 0 bridgehead atoms. The minimum Gasteiger partial charge on any atom is -0.478 e. The highest BCUT2D eigenvalue weighted by Crippen LogP contribution is 1.81. The molecule has 0 unspecified atom stereocenters. The van der Waals surface area contributed by atoms with Crippen LogP contribution in [0, 0.1) is 0 Å². The van der Waals surface area contributed by atoms with Gasteiger partial charge in [0.2, 0.25) is 0 Å². The van der Waals surface area contributed by atoms with Crippen molar-refractivity contribution in [3.8, 4) is 0 Å². The number of rotatable bonds is 1. The summed E-state index contributed by atoms with van der Waals surface area (Å²) in [7, 11) is 0. The molecule has 0 amide bonds. The SMILES string of the molecule is C=C(C)C(=O)O.[HH]. The van der Waals surface area contributed by atoms with Crippen molar-refractivity contribution < 1.29 is 11.3 Å². The van der Waals surface area contributed by atoms with E-state index in [0.29, 0.717) is 0 Å². The standard InChI is InChI=1S/C4H6O2.H2/c1-3(2)4(5)6;/h1H2,2H3,(H,5,6);1H. The van der Waals surface area contributed by atoms with Gasteiger partial charge in [-0.1, -0.05) is 6.58 Å². The van der Waals surface area contributed by atoms with Crippen molar-refractivity contribution in [2.45, 2.75) is 6.92 Å². The van der Waals surface area contributed by atoms with E-state index in [2.05, 4.69) is 6.58 Å². The molecule has 0 aromatic carbocycles. The number of hydrogen-bond donors (Lipinski definition) is 1. The monoisotopic (exact) mass is 88.1 g/mol. The number of carboxylic acid groups (broad SMARTS) is 1. The van der Waals surface area contributed by atoms with Crippen LogP contribution < -0.4 is 0 Å². The Hall–Kier alpha value is -0.790.